The Hall–Kier alpha value is -3.51. The highest BCUT2D eigenvalue weighted by Crippen LogP contribution is 2.59. The maximum atomic E-state index is 15.0. The quantitative estimate of drug-likeness (QED) is 0.215. The second-order valence-electron chi connectivity index (χ2n) is 13.0. The van der Waals surface area contributed by atoms with Gasteiger partial charge in [-0.05, 0) is 50.0 Å². The Morgan fingerprint density at radius 2 is 1.69 bits per heavy atom. The lowest BCUT2D eigenvalue weighted by molar-refractivity contribution is -0.161. The van der Waals surface area contributed by atoms with Crippen LogP contribution in [0.4, 0.5) is 5.69 Å². The number of carbonyl (C=O) groups is 4. The molecular weight excluding hydrogens is 714 g/mol. The zero-order valence-electron chi connectivity index (χ0n) is 27.3. The van der Waals surface area contributed by atoms with Crippen LogP contribution in [0.3, 0.4) is 0 Å². The summed E-state index contributed by atoms with van der Waals surface area (Å²) in [5, 5.41) is 12.6. The van der Waals surface area contributed by atoms with Crippen molar-refractivity contribution in [3.05, 3.63) is 87.9 Å². The van der Waals surface area contributed by atoms with E-state index in [1.807, 2.05) is 42.5 Å². The van der Waals surface area contributed by atoms with Crippen molar-refractivity contribution >= 4 is 56.9 Å². The predicted octanol–water partition coefficient (Wildman–Crippen LogP) is 5.24. The number of ether oxygens (including phenoxy) is 2. The number of unbranched alkanes of at least 4 members (excludes halogenated alkanes) is 3. The minimum absolute atomic E-state index is 0.0827. The molecule has 260 valence electrons. The van der Waals surface area contributed by atoms with E-state index in [9.17, 15) is 24.3 Å². The summed E-state index contributed by atoms with van der Waals surface area (Å²) in [5.41, 5.74) is -0.276. The van der Waals surface area contributed by atoms with Crippen molar-refractivity contribution in [1.82, 2.24) is 10.2 Å². The number of fused-ring (bicyclic) bond motifs is 2. The Morgan fingerprint density at radius 3 is 2.45 bits per heavy atom. The van der Waals surface area contributed by atoms with E-state index in [4.69, 9.17) is 21.1 Å². The number of nitrogens with one attached hydrogen (secondary N) is 1. The zero-order valence-corrected chi connectivity index (χ0v) is 29.6. The number of aliphatic hydroxyl groups is 1. The monoisotopic (exact) mass is 753 g/mol. The number of halogens is 2. The standard InChI is InChI=1S/C37H41BrClN3O7/c1-23-31(24-14-6-4-7-15-24)48-36(47)29-30-34(45)42(20-11-2-3-13-21-43)33(37(30)22-25(38)32(29)49-37)35(46)41(27-17-10-9-16-26(27)39)19-12-5-8-18-28(44)40-23/h4-7,9-10,12,14-17,22-23,29-33,43H,2-3,8,11,13,18-21H2,1H3,(H,40,44)/b12-5-/t23-,29+,30-,31+,32+,33+,37-/m1/s1. The summed E-state index contributed by atoms with van der Waals surface area (Å²) >= 11 is 10.3. The number of anilines is 1. The van der Waals surface area contributed by atoms with Crippen molar-refractivity contribution in [1.29, 1.82) is 0 Å². The number of amides is 3. The highest BCUT2D eigenvalue weighted by molar-refractivity contribution is 9.11. The van der Waals surface area contributed by atoms with E-state index < -0.39 is 53.6 Å². The van der Waals surface area contributed by atoms with Gasteiger partial charge in [0.15, 0.2) is 0 Å². The van der Waals surface area contributed by atoms with Crippen molar-refractivity contribution in [2.24, 2.45) is 11.8 Å². The average Bonchev–Trinajstić information content (AvgIpc) is 3.68. The number of rotatable bonds is 8. The number of aliphatic hydroxyl groups excluding tert-OH is 1. The molecule has 0 radical (unpaired) electrons. The summed E-state index contributed by atoms with van der Waals surface area (Å²) in [6, 6.07) is 14.5. The molecule has 4 aliphatic rings. The number of benzene rings is 2. The molecule has 0 unspecified atom stereocenters. The highest BCUT2D eigenvalue weighted by Gasteiger charge is 2.75. The third-order valence-corrected chi connectivity index (χ3v) is 10.9. The van der Waals surface area contributed by atoms with Crippen LogP contribution in [0.25, 0.3) is 0 Å². The van der Waals surface area contributed by atoms with Crippen molar-refractivity contribution in [3.63, 3.8) is 0 Å². The summed E-state index contributed by atoms with van der Waals surface area (Å²) in [5.74, 6) is -3.66. The molecule has 4 heterocycles. The number of hydrogen-bond donors (Lipinski definition) is 2. The molecule has 0 aromatic heterocycles. The van der Waals surface area contributed by atoms with Gasteiger partial charge in [0, 0.05) is 30.6 Å². The molecule has 3 amide bonds. The van der Waals surface area contributed by atoms with E-state index in [0.717, 1.165) is 12.8 Å². The fourth-order valence-corrected chi connectivity index (χ4v) is 8.57. The van der Waals surface area contributed by atoms with E-state index in [1.54, 1.807) is 47.1 Å². The largest absolute Gasteiger partial charge is 0.455 e. The maximum Gasteiger partial charge on any atom is 0.313 e. The second kappa shape index (κ2) is 15.2. The maximum absolute atomic E-state index is 15.0. The predicted molar refractivity (Wildman–Crippen MR) is 188 cm³/mol. The van der Waals surface area contributed by atoms with Crippen molar-refractivity contribution < 1.29 is 33.8 Å². The fraction of sp³-hybridized carbons (Fsp3) is 0.459. The van der Waals surface area contributed by atoms with Crippen LogP contribution >= 0.6 is 27.5 Å². The molecule has 2 aromatic rings. The van der Waals surface area contributed by atoms with Gasteiger partial charge in [0.2, 0.25) is 11.8 Å². The molecule has 7 atom stereocenters. The Balaban J connectivity index is 1.44. The van der Waals surface area contributed by atoms with E-state index in [0.29, 0.717) is 40.0 Å². The molecule has 1 spiro atoms. The molecule has 6 rings (SSSR count). The molecule has 4 aliphatic heterocycles. The number of carbonyl (C=O) groups excluding carboxylic acids is 4. The number of likely N-dealkylation sites (tertiary alicyclic amines) is 1. The van der Waals surface area contributed by atoms with Crippen LogP contribution in [0.2, 0.25) is 5.02 Å². The first-order valence-electron chi connectivity index (χ1n) is 16.9. The summed E-state index contributed by atoms with van der Waals surface area (Å²) in [6.07, 6.45) is 7.14. The lowest BCUT2D eigenvalue weighted by atomic mass is 9.74. The molecule has 12 heteroatoms. The minimum atomic E-state index is -1.44. The SMILES string of the molecule is C[C@H]1NC(=O)CC/C=C\CN(c2ccccc2Cl)C(=O)[C@@H]2N(CCCCCCO)C(=O)[C@H]3[C@H](C(=O)O[C@@H]1c1ccccc1)[C@H]1O[C@@]23C=C1Br. The molecule has 49 heavy (non-hydrogen) atoms. The van der Waals surface area contributed by atoms with Crippen LogP contribution in [-0.4, -0.2) is 77.2 Å². The summed E-state index contributed by atoms with van der Waals surface area (Å²) in [4.78, 5) is 60.1. The van der Waals surface area contributed by atoms with Gasteiger partial charge in [0.05, 0.1) is 22.7 Å². The molecule has 10 nitrogen and oxygen atoms in total. The van der Waals surface area contributed by atoms with Gasteiger partial charge in [-0.2, -0.15) is 0 Å². The first-order chi connectivity index (χ1) is 23.7. The normalized spacial score (nSPS) is 31.0. The van der Waals surface area contributed by atoms with Gasteiger partial charge in [0.25, 0.3) is 5.91 Å². The van der Waals surface area contributed by atoms with Gasteiger partial charge in [-0.15, -0.1) is 0 Å². The number of esters is 1. The van der Waals surface area contributed by atoms with Crippen LogP contribution in [0.15, 0.2) is 77.3 Å². The van der Waals surface area contributed by atoms with Gasteiger partial charge in [-0.3, -0.25) is 19.2 Å². The topological polar surface area (TPSA) is 125 Å². The van der Waals surface area contributed by atoms with E-state index >= 15 is 0 Å². The average molecular weight is 755 g/mol. The van der Waals surface area contributed by atoms with Crippen molar-refractivity contribution in [3.8, 4) is 0 Å². The summed E-state index contributed by atoms with van der Waals surface area (Å²) in [7, 11) is 0. The Kier molecular flexibility index (Phi) is 10.9. The smallest absolute Gasteiger partial charge is 0.313 e. The van der Waals surface area contributed by atoms with Crippen molar-refractivity contribution in [2.75, 3.05) is 24.6 Å². The van der Waals surface area contributed by atoms with Gasteiger partial charge < -0.3 is 29.7 Å². The molecule has 2 saturated heterocycles. The molecular formula is C37H41BrClN3O7. The molecule has 2 aromatic carbocycles. The minimum Gasteiger partial charge on any atom is -0.455 e. The lowest BCUT2D eigenvalue weighted by Gasteiger charge is -2.36. The van der Waals surface area contributed by atoms with Gasteiger partial charge in [0.1, 0.15) is 29.8 Å². The number of hydrogen-bond acceptors (Lipinski definition) is 7. The first kappa shape index (κ1) is 35.3. The van der Waals surface area contributed by atoms with Crippen LogP contribution in [0.1, 0.15) is 57.1 Å². The third kappa shape index (κ3) is 6.82. The molecule has 2 N–H and O–H groups in total. The Morgan fingerprint density at radius 1 is 0.959 bits per heavy atom. The van der Waals surface area contributed by atoms with Gasteiger partial charge in [-0.25, -0.2) is 0 Å². The van der Waals surface area contributed by atoms with Gasteiger partial charge in [-0.1, -0.05) is 95.0 Å². The Bertz CT molecular complexity index is 1640. The van der Waals surface area contributed by atoms with E-state index in [1.165, 1.54) is 0 Å². The van der Waals surface area contributed by atoms with E-state index in [-0.39, 0.29) is 37.9 Å². The van der Waals surface area contributed by atoms with E-state index in [2.05, 4.69) is 21.2 Å². The number of nitrogens with zero attached hydrogens (tertiary/aromatic N) is 2. The van der Waals surface area contributed by atoms with Crippen LogP contribution in [0.5, 0.6) is 0 Å². The third-order valence-electron chi connectivity index (χ3n) is 9.86. The zero-order chi connectivity index (χ0) is 34.7. The number of cyclic esters (lactones) is 1. The highest BCUT2D eigenvalue weighted by atomic mass is 79.9. The molecule has 0 aliphatic carbocycles. The lowest BCUT2D eigenvalue weighted by Crippen LogP contribution is -2.56. The number of para-hydroxylation sites is 1. The van der Waals surface area contributed by atoms with Crippen LogP contribution in [0, 0.1) is 11.8 Å². The van der Waals surface area contributed by atoms with Crippen molar-refractivity contribution in [2.45, 2.75) is 75.3 Å². The summed E-state index contributed by atoms with van der Waals surface area (Å²) < 4.78 is 13.5. The molecule has 2 fully saturated rings. The van der Waals surface area contributed by atoms with Gasteiger partial charge >= 0.3 is 5.97 Å². The fourth-order valence-electron chi connectivity index (χ4n) is 7.60. The second-order valence-corrected chi connectivity index (χ2v) is 14.4. The van der Waals surface area contributed by atoms with Crippen LogP contribution < -0.4 is 10.2 Å². The molecule has 0 saturated carbocycles. The first-order valence-corrected chi connectivity index (χ1v) is 18.1. The van der Waals surface area contributed by atoms with Crippen LogP contribution in [-0.2, 0) is 28.7 Å². The summed E-state index contributed by atoms with van der Waals surface area (Å²) in [6.45, 7) is 2.27. The number of allylic oxidation sites excluding steroid dienone is 1. The molecule has 5 bridgehead atoms. The Labute approximate surface area is 299 Å².